The normalized spacial score (nSPS) is 11.9. The van der Waals surface area contributed by atoms with E-state index in [1.807, 2.05) is 19.9 Å². The minimum absolute atomic E-state index is 0.212. The van der Waals surface area contributed by atoms with Crippen molar-refractivity contribution in [3.8, 4) is 0 Å². The number of nitrogens with one attached hydrogen (secondary N) is 2. The fraction of sp³-hybridized carbons (Fsp3) is 0.417. The number of nitrogen functional groups attached to an aromatic ring is 1. The monoisotopic (exact) mass is 269 g/mol. The van der Waals surface area contributed by atoms with Gasteiger partial charge >= 0.3 is 0 Å². The molecule has 5 nitrogen and oxygen atoms in total. The summed E-state index contributed by atoms with van der Waals surface area (Å²) >= 11 is 0. The van der Waals surface area contributed by atoms with E-state index in [-0.39, 0.29) is 5.91 Å². The van der Waals surface area contributed by atoms with Crippen LogP contribution in [0.5, 0.6) is 0 Å². The van der Waals surface area contributed by atoms with Gasteiger partial charge in [0.15, 0.2) is 0 Å². The summed E-state index contributed by atoms with van der Waals surface area (Å²) in [6.45, 7) is 4.18. The van der Waals surface area contributed by atoms with E-state index >= 15 is 0 Å². The van der Waals surface area contributed by atoms with Crippen LogP contribution in [-0.4, -0.2) is 28.2 Å². The van der Waals surface area contributed by atoms with Gasteiger partial charge < -0.3 is 10.7 Å². The van der Waals surface area contributed by atoms with Crippen LogP contribution >= 0.6 is 0 Å². The number of anilines is 1. The Morgan fingerprint density at radius 2 is 2.17 bits per heavy atom. The lowest BCUT2D eigenvalue weighted by Gasteiger charge is -2.10. The average Bonchev–Trinajstić information content (AvgIpc) is 2.37. The molecule has 0 heterocycles. The molecule has 100 valence electrons. The van der Waals surface area contributed by atoms with Gasteiger partial charge in [-0.2, -0.15) is 0 Å². The molecule has 0 saturated heterocycles. The molecule has 0 aliphatic carbocycles. The molecule has 1 aromatic carbocycles. The SMILES string of the molecule is CCS(=O)CCNC(=O)c1ccc(C)cc1NN. The number of carbonyl (C=O) groups is 1. The van der Waals surface area contributed by atoms with Gasteiger partial charge in [-0.3, -0.25) is 14.8 Å². The molecular weight excluding hydrogens is 250 g/mol. The Kier molecular flexibility index (Phi) is 5.80. The predicted octanol–water partition coefficient (Wildman–Crippen LogP) is 0.779. The van der Waals surface area contributed by atoms with Crippen molar-refractivity contribution < 1.29 is 9.00 Å². The van der Waals surface area contributed by atoms with E-state index in [1.54, 1.807) is 12.1 Å². The van der Waals surface area contributed by atoms with Gasteiger partial charge in [0, 0.05) is 28.9 Å². The number of aryl methyl sites for hydroxylation is 1. The van der Waals surface area contributed by atoms with Crippen LogP contribution in [0, 0.1) is 6.92 Å². The number of hydrogen-bond donors (Lipinski definition) is 3. The molecule has 1 rings (SSSR count). The maximum absolute atomic E-state index is 11.9. The first-order valence-corrected chi connectivity index (χ1v) is 7.27. The Hall–Kier alpha value is -1.40. The fourth-order valence-electron chi connectivity index (χ4n) is 1.49. The summed E-state index contributed by atoms with van der Waals surface area (Å²) < 4.78 is 11.2. The quantitative estimate of drug-likeness (QED) is 0.526. The van der Waals surface area contributed by atoms with Gasteiger partial charge in [-0.25, -0.2) is 0 Å². The average molecular weight is 269 g/mol. The highest BCUT2D eigenvalue weighted by molar-refractivity contribution is 7.84. The van der Waals surface area contributed by atoms with Crippen molar-refractivity contribution in [2.75, 3.05) is 23.5 Å². The molecule has 1 amide bonds. The second kappa shape index (κ2) is 7.13. The molecule has 1 unspecified atom stereocenters. The number of rotatable bonds is 6. The summed E-state index contributed by atoms with van der Waals surface area (Å²) in [6.07, 6.45) is 0. The number of amides is 1. The maximum Gasteiger partial charge on any atom is 0.253 e. The molecule has 0 saturated carbocycles. The molecule has 0 spiro atoms. The Bertz CT molecular complexity index is 449. The molecule has 1 atom stereocenters. The van der Waals surface area contributed by atoms with E-state index in [4.69, 9.17) is 5.84 Å². The number of benzene rings is 1. The van der Waals surface area contributed by atoms with Crippen molar-refractivity contribution in [3.05, 3.63) is 29.3 Å². The van der Waals surface area contributed by atoms with Crippen LogP contribution in [0.15, 0.2) is 18.2 Å². The highest BCUT2D eigenvalue weighted by Crippen LogP contribution is 2.16. The number of nitrogens with two attached hydrogens (primary N) is 1. The van der Waals surface area contributed by atoms with Gasteiger partial charge in [-0.05, 0) is 24.6 Å². The molecule has 0 fully saturated rings. The van der Waals surface area contributed by atoms with Crippen LogP contribution in [0.2, 0.25) is 0 Å². The largest absolute Gasteiger partial charge is 0.351 e. The number of hydrazine groups is 1. The van der Waals surface area contributed by atoms with E-state index < -0.39 is 10.8 Å². The maximum atomic E-state index is 11.9. The Morgan fingerprint density at radius 3 is 2.78 bits per heavy atom. The van der Waals surface area contributed by atoms with Crippen LogP contribution in [0.1, 0.15) is 22.8 Å². The Labute approximate surface area is 110 Å². The summed E-state index contributed by atoms with van der Waals surface area (Å²) in [4.78, 5) is 11.9. The summed E-state index contributed by atoms with van der Waals surface area (Å²) in [5, 5.41) is 2.73. The lowest BCUT2D eigenvalue weighted by Crippen LogP contribution is -2.29. The molecule has 0 radical (unpaired) electrons. The third-order valence-corrected chi connectivity index (χ3v) is 3.82. The van der Waals surface area contributed by atoms with Crippen LogP contribution < -0.4 is 16.6 Å². The van der Waals surface area contributed by atoms with Crippen molar-refractivity contribution in [1.29, 1.82) is 0 Å². The fourth-order valence-corrected chi connectivity index (χ4v) is 2.11. The minimum Gasteiger partial charge on any atom is -0.351 e. The van der Waals surface area contributed by atoms with Crippen molar-refractivity contribution in [1.82, 2.24) is 5.32 Å². The first kappa shape index (κ1) is 14.7. The molecule has 6 heteroatoms. The van der Waals surface area contributed by atoms with E-state index in [2.05, 4.69) is 10.7 Å². The first-order chi connectivity index (χ1) is 8.58. The lowest BCUT2D eigenvalue weighted by atomic mass is 10.1. The topological polar surface area (TPSA) is 84.2 Å². The van der Waals surface area contributed by atoms with Crippen LogP contribution in [-0.2, 0) is 10.8 Å². The summed E-state index contributed by atoms with van der Waals surface area (Å²) in [6, 6.07) is 5.37. The summed E-state index contributed by atoms with van der Waals surface area (Å²) in [5.74, 6) is 6.24. The molecular formula is C12H19N3O2S. The first-order valence-electron chi connectivity index (χ1n) is 5.79. The molecule has 0 aliphatic rings. The van der Waals surface area contributed by atoms with E-state index in [0.717, 1.165) is 5.56 Å². The van der Waals surface area contributed by atoms with Crippen LogP contribution in [0.25, 0.3) is 0 Å². The Morgan fingerprint density at radius 1 is 1.44 bits per heavy atom. The van der Waals surface area contributed by atoms with Crippen molar-refractivity contribution in [2.45, 2.75) is 13.8 Å². The van der Waals surface area contributed by atoms with Crippen molar-refractivity contribution in [3.63, 3.8) is 0 Å². The van der Waals surface area contributed by atoms with Crippen molar-refractivity contribution in [2.24, 2.45) is 5.84 Å². The Balaban J connectivity index is 2.64. The van der Waals surface area contributed by atoms with Gasteiger partial charge in [0.2, 0.25) is 0 Å². The summed E-state index contributed by atoms with van der Waals surface area (Å²) in [7, 11) is -0.866. The van der Waals surface area contributed by atoms with Crippen LogP contribution in [0.4, 0.5) is 5.69 Å². The predicted molar refractivity (Wildman–Crippen MR) is 74.9 cm³/mol. The molecule has 18 heavy (non-hydrogen) atoms. The van der Waals surface area contributed by atoms with Gasteiger partial charge in [0.25, 0.3) is 5.91 Å². The minimum atomic E-state index is -0.866. The lowest BCUT2D eigenvalue weighted by molar-refractivity contribution is 0.0957. The molecule has 0 aliphatic heterocycles. The zero-order chi connectivity index (χ0) is 13.5. The van der Waals surface area contributed by atoms with Crippen molar-refractivity contribution >= 4 is 22.4 Å². The molecule has 4 N–H and O–H groups in total. The van der Waals surface area contributed by atoms with E-state index in [9.17, 15) is 9.00 Å². The van der Waals surface area contributed by atoms with Gasteiger partial charge in [-0.15, -0.1) is 0 Å². The zero-order valence-electron chi connectivity index (χ0n) is 10.7. The van der Waals surface area contributed by atoms with Gasteiger partial charge in [0.05, 0.1) is 11.3 Å². The number of hydrogen-bond acceptors (Lipinski definition) is 4. The van der Waals surface area contributed by atoms with E-state index in [1.165, 1.54) is 0 Å². The molecule has 0 bridgehead atoms. The van der Waals surface area contributed by atoms with Gasteiger partial charge in [0.1, 0.15) is 0 Å². The second-order valence-electron chi connectivity index (χ2n) is 3.88. The second-order valence-corrected chi connectivity index (χ2v) is 5.75. The highest BCUT2D eigenvalue weighted by atomic mass is 32.2. The molecule has 1 aromatic rings. The molecule has 0 aromatic heterocycles. The smallest absolute Gasteiger partial charge is 0.253 e. The highest BCUT2D eigenvalue weighted by Gasteiger charge is 2.10. The zero-order valence-corrected chi connectivity index (χ0v) is 11.5. The summed E-state index contributed by atoms with van der Waals surface area (Å²) in [5.41, 5.74) is 4.61. The standard InChI is InChI=1S/C12H19N3O2S/c1-3-18(17)7-6-14-12(16)10-5-4-9(2)8-11(10)15-13/h4-5,8,15H,3,6-7,13H2,1-2H3,(H,14,16). The third kappa shape index (κ3) is 4.12. The van der Waals surface area contributed by atoms with Gasteiger partial charge in [-0.1, -0.05) is 13.0 Å². The number of carbonyl (C=O) groups excluding carboxylic acids is 1. The van der Waals surface area contributed by atoms with Crippen LogP contribution in [0.3, 0.4) is 0 Å². The van der Waals surface area contributed by atoms with E-state index in [0.29, 0.717) is 29.3 Å². The third-order valence-electron chi connectivity index (χ3n) is 2.51.